The Labute approximate surface area is 130 Å². The van der Waals surface area contributed by atoms with Gasteiger partial charge < -0.3 is 5.73 Å². The number of nitrogen functional groups attached to an aromatic ring is 1. The SMILES string of the molecule is C#CCN(CCC)S(=O)(=O)c1c(N)cc(Br)cc1Br. The molecule has 104 valence electrons. The Balaban J connectivity index is 3.38. The Bertz CT molecular complexity index is 586. The van der Waals surface area contributed by atoms with Crippen LogP contribution < -0.4 is 5.73 Å². The van der Waals surface area contributed by atoms with E-state index < -0.39 is 10.0 Å². The third-order valence-corrected chi connectivity index (χ3v) is 5.68. The van der Waals surface area contributed by atoms with Gasteiger partial charge in [0.25, 0.3) is 0 Å². The van der Waals surface area contributed by atoms with Gasteiger partial charge in [-0.05, 0) is 34.5 Å². The van der Waals surface area contributed by atoms with Gasteiger partial charge in [0, 0.05) is 15.5 Å². The van der Waals surface area contributed by atoms with E-state index in [1.54, 1.807) is 12.1 Å². The van der Waals surface area contributed by atoms with Crippen LogP contribution in [0, 0.1) is 12.3 Å². The summed E-state index contributed by atoms with van der Waals surface area (Å²) in [4.78, 5) is 0.0550. The highest BCUT2D eigenvalue weighted by Gasteiger charge is 2.28. The summed E-state index contributed by atoms with van der Waals surface area (Å²) in [5.74, 6) is 2.36. The predicted molar refractivity (Wildman–Crippen MR) is 84.1 cm³/mol. The van der Waals surface area contributed by atoms with Crippen LogP contribution in [0.4, 0.5) is 5.69 Å². The van der Waals surface area contributed by atoms with Gasteiger partial charge >= 0.3 is 0 Å². The van der Waals surface area contributed by atoms with Crippen LogP contribution in [0.3, 0.4) is 0 Å². The molecule has 0 aromatic heterocycles. The second kappa shape index (κ2) is 6.75. The molecule has 0 saturated carbocycles. The summed E-state index contributed by atoms with van der Waals surface area (Å²) in [6.07, 6.45) is 5.90. The molecule has 0 fully saturated rings. The molecule has 1 aromatic carbocycles. The Morgan fingerprint density at radius 3 is 2.53 bits per heavy atom. The van der Waals surface area contributed by atoms with Crippen LogP contribution in [0.5, 0.6) is 0 Å². The predicted octanol–water partition coefficient (Wildman–Crippen LogP) is 2.83. The number of hydrogen-bond donors (Lipinski definition) is 1. The van der Waals surface area contributed by atoms with Crippen molar-refractivity contribution in [2.45, 2.75) is 18.2 Å². The van der Waals surface area contributed by atoms with Crippen molar-refractivity contribution in [2.75, 3.05) is 18.8 Å². The number of sulfonamides is 1. The minimum Gasteiger partial charge on any atom is -0.398 e. The molecule has 0 bridgehead atoms. The summed E-state index contributed by atoms with van der Waals surface area (Å²) in [6, 6.07) is 3.20. The Morgan fingerprint density at radius 1 is 1.42 bits per heavy atom. The first kappa shape index (κ1) is 16.5. The van der Waals surface area contributed by atoms with Crippen LogP contribution in [0.25, 0.3) is 0 Å². The molecule has 0 amide bonds. The summed E-state index contributed by atoms with van der Waals surface area (Å²) >= 11 is 6.50. The van der Waals surface area contributed by atoms with E-state index in [1.807, 2.05) is 6.92 Å². The average Bonchev–Trinajstić information content (AvgIpc) is 2.26. The van der Waals surface area contributed by atoms with Crippen molar-refractivity contribution in [3.05, 3.63) is 21.1 Å². The highest BCUT2D eigenvalue weighted by molar-refractivity contribution is 9.11. The zero-order valence-electron chi connectivity index (χ0n) is 10.4. The molecule has 1 aromatic rings. The van der Waals surface area contributed by atoms with Crippen LogP contribution in [0.2, 0.25) is 0 Å². The second-order valence-corrected chi connectivity index (χ2v) is 7.49. The molecule has 0 spiro atoms. The van der Waals surface area contributed by atoms with Crippen LogP contribution in [0.1, 0.15) is 13.3 Å². The van der Waals surface area contributed by atoms with E-state index in [9.17, 15) is 8.42 Å². The van der Waals surface area contributed by atoms with E-state index >= 15 is 0 Å². The van der Waals surface area contributed by atoms with Crippen molar-refractivity contribution in [2.24, 2.45) is 0 Å². The largest absolute Gasteiger partial charge is 0.398 e. The number of benzene rings is 1. The maximum Gasteiger partial charge on any atom is 0.247 e. The number of nitrogens with two attached hydrogens (primary N) is 1. The molecular formula is C12H14Br2N2O2S. The minimum absolute atomic E-state index is 0.0259. The molecule has 0 aliphatic heterocycles. The van der Waals surface area contributed by atoms with Gasteiger partial charge in [-0.1, -0.05) is 28.8 Å². The van der Waals surface area contributed by atoms with Crippen LogP contribution in [-0.2, 0) is 10.0 Å². The zero-order chi connectivity index (χ0) is 14.6. The summed E-state index contributed by atoms with van der Waals surface area (Å²) < 4.78 is 27.5. The van der Waals surface area contributed by atoms with Crippen molar-refractivity contribution < 1.29 is 8.42 Å². The summed E-state index contributed by atoms with van der Waals surface area (Å²) in [5.41, 5.74) is 6.00. The van der Waals surface area contributed by atoms with Crippen molar-refractivity contribution in [1.29, 1.82) is 0 Å². The van der Waals surface area contributed by atoms with E-state index in [0.29, 0.717) is 21.9 Å². The van der Waals surface area contributed by atoms with Crippen molar-refractivity contribution in [1.82, 2.24) is 4.31 Å². The highest BCUT2D eigenvalue weighted by Crippen LogP contribution is 2.33. The topological polar surface area (TPSA) is 63.4 Å². The number of nitrogens with zero attached hydrogens (tertiary/aromatic N) is 1. The Hall–Kier alpha value is -0.550. The van der Waals surface area contributed by atoms with E-state index in [-0.39, 0.29) is 17.1 Å². The first-order valence-electron chi connectivity index (χ1n) is 5.52. The molecule has 0 atom stereocenters. The molecule has 4 nitrogen and oxygen atoms in total. The number of terminal acetylenes is 1. The Kier molecular flexibility index (Phi) is 5.86. The van der Waals surface area contributed by atoms with Gasteiger partial charge in [-0.3, -0.25) is 0 Å². The summed E-state index contributed by atoms with van der Waals surface area (Å²) in [7, 11) is -3.71. The number of hydrogen-bond acceptors (Lipinski definition) is 3. The fourth-order valence-electron chi connectivity index (χ4n) is 1.62. The maximum atomic E-state index is 12.6. The van der Waals surface area contributed by atoms with E-state index in [4.69, 9.17) is 12.2 Å². The van der Waals surface area contributed by atoms with E-state index in [1.165, 1.54) is 4.31 Å². The van der Waals surface area contributed by atoms with Crippen LogP contribution in [0.15, 0.2) is 26.0 Å². The quantitative estimate of drug-likeness (QED) is 0.600. The molecule has 0 heterocycles. The van der Waals surface area contributed by atoms with Gasteiger partial charge in [0.15, 0.2) is 0 Å². The molecule has 0 saturated heterocycles. The lowest BCUT2D eigenvalue weighted by Gasteiger charge is -2.21. The third kappa shape index (κ3) is 3.72. The zero-order valence-corrected chi connectivity index (χ0v) is 14.3. The van der Waals surface area contributed by atoms with Gasteiger partial charge in [0.1, 0.15) is 4.90 Å². The van der Waals surface area contributed by atoms with Crippen LogP contribution >= 0.6 is 31.9 Å². The standard InChI is InChI=1S/C12H14Br2N2O2S/c1-3-5-16(6-4-2)19(17,18)12-10(14)7-9(13)8-11(12)15/h1,7-8H,4-6,15H2,2H3. The smallest absolute Gasteiger partial charge is 0.247 e. The molecular weight excluding hydrogens is 396 g/mol. The monoisotopic (exact) mass is 408 g/mol. The lowest BCUT2D eigenvalue weighted by Crippen LogP contribution is -2.33. The van der Waals surface area contributed by atoms with E-state index in [2.05, 4.69) is 37.8 Å². The molecule has 1 rings (SSSR count). The van der Waals surface area contributed by atoms with Gasteiger partial charge in [-0.2, -0.15) is 4.31 Å². The van der Waals surface area contributed by atoms with E-state index in [0.717, 1.165) is 0 Å². The third-order valence-electron chi connectivity index (χ3n) is 2.38. The first-order chi connectivity index (χ1) is 8.84. The second-order valence-electron chi connectivity index (χ2n) is 3.85. The molecule has 0 radical (unpaired) electrons. The fourth-order valence-corrected chi connectivity index (χ4v) is 5.08. The normalized spacial score (nSPS) is 11.5. The first-order valence-corrected chi connectivity index (χ1v) is 8.55. The van der Waals surface area contributed by atoms with Crippen molar-refractivity contribution in [3.63, 3.8) is 0 Å². The molecule has 2 N–H and O–H groups in total. The van der Waals surface area contributed by atoms with Gasteiger partial charge in [0.05, 0.1) is 12.2 Å². The van der Waals surface area contributed by atoms with Crippen molar-refractivity contribution in [3.8, 4) is 12.3 Å². The van der Waals surface area contributed by atoms with Crippen molar-refractivity contribution >= 4 is 47.6 Å². The highest BCUT2D eigenvalue weighted by atomic mass is 79.9. The van der Waals surface area contributed by atoms with Gasteiger partial charge in [-0.25, -0.2) is 8.42 Å². The number of halogens is 2. The lowest BCUT2D eigenvalue weighted by molar-refractivity contribution is 0.445. The number of anilines is 1. The molecule has 0 unspecified atom stereocenters. The maximum absolute atomic E-state index is 12.6. The minimum atomic E-state index is -3.71. The van der Waals surface area contributed by atoms with Gasteiger partial charge in [-0.15, -0.1) is 6.42 Å². The Morgan fingerprint density at radius 2 is 2.05 bits per heavy atom. The molecule has 7 heteroatoms. The van der Waals surface area contributed by atoms with Gasteiger partial charge in [0.2, 0.25) is 10.0 Å². The van der Waals surface area contributed by atoms with Crippen LogP contribution in [-0.4, -0.2) is 25.8 Å². The molecule has 0 aliphatic rings. The molecule has 0 aliphatic carbocycles. The fraction of sp³-hybridized carbons (Fsp3) is 0.333. The summed E-state index contributed by atoms with van der Waals surface area (Å²) in [6.45, 7) is 2.27. The number of rotatable bonds is 5. The molecule has 19 heavy (non-hydrogen) atoms. The average molecular weight is 410 g/mol. The lowest BCUT2D eigenvalue weighted by atomic mass is 10.3. The summed E-state index contributed by atoms with van der Waals surface area (Å²) in [5, 5.41) is 0.